The summed E-state index contributed by atoms with van der Waals surface area (Å²) in [6.45, 7) is 7.01. The number of benzene rings is 2. The molecule has 3 rings (SSSR count). The van der Waals surface area contributed by atoms with E-state index in [0.717, 1.165) is 11.1 Å². The van der Waals surface area contributed by atoms with Crippen molar-refractivity contribution in [3.63, 3.8) is 0 Å². The monoisotopic (exact) mass is 444 g/mol. The summed E-state index contributed by atoms with van der Waals surface area (Å²) in [5, 5.41) is 2.76. The van der Waals surface area contributed by atoms with Gasteiger partial charge in [-0.2, -0.15) is 4.31 Å². The molecule has 7 nitrogen and oxygen atoms in total. The smallest absolute Gasteiger partial charge is 0.248 e. The number of aryl methyl sites for hydroxylation is 1. The highest BCUT2D eigenvalue weighted by Crippen LogP contribution is 2.30. The number of nitrogens with one attached hydrogen (secondary N) is 1. The Morgan fingerprint density at radius 1 is 1.16 bits per heavy atom. The van der Waals surface area contributed by atoms with E-state index >= 15 is 0 Å². The standard InChI is InChI=1S/C23H28N2O5S/c1-17(2)30-22-10-9-20(31(27,28)25-12-14-29-15-13-25)16-21(22)24-23(26)11-8-19-7-5-4-6-18(19)3/h4-11,16-17H,12-15H2,1-3H3,(H,24,26). The van der Waals surface area contributed by atoms with E-state index in [2.05, 4.69) is 5.32 Å². The lowest BCUT2D eigenvalue weighted by molar-refractivity contribution is -0.111. The highest BCUT2D eigenvalue weighted by atomic mass is 32.2. The molecule has 0 spiro atoms. The van der Waals surface area contributed by atoms with Gasteiger partial charge < -0.3 is 14.8 Å². The number of carbonyl (C=O) groups is 1. The Hall–Kier alpha value is -2.68. The van der Waals surface area contributed by atoms with Crippen LogP contribution in [-0.4, -0.2) is 51.0 Å². The summed E-state index contributed by atoms with van der Waals surface area (Å²) >= 11 is 0. The Morgan fingerprint density at radius 2 is 1.87 bits per heavy atom. The van der Waals surface area contributed by atoms with Crippen molar-refractivity contribution in [3.05, 3.63) is 59.7 Å². The number of hydrogen-bond acceptors (Lipinski definition) is 5. The fourth-order valence-corrected chi connectivity index (χ4v) is 4.61. The number of nitrogens with zero attached hydrogens (tertiary/aromatic N) is 1. The maximum Gasteiger partial charge on any atom is 0.248 e. The van der Waals surface area contributed by atoms with E-state index < -0.39 is 10.0 Å². The second-order valence-electron chi connectivity index (χ2n) is 7.52. The molecule has 0 radical (unpaired) electrons. The van der Waals surface area contributed by atoms with Gasteiger partial charge in [-0.05, 0) is 56.2 Å². The Morgan fingerprint density at radius 3 is 2.55 bits per heavy atom. The minimum atomic E-state index is -3.70. The van der Waals surface area contributed by atoms with Crippen LogP contribution in [0.5, 0.6) is 5.75 Å². The molecule has 0 bridgehead atoms. The van der Waals surface area contributed by atoms with E-state index in [-0.39, 0.29) is 16.9 Å². The summed E-state index contributed by atoms with van der Waals surface area (Å²) in [6.07, 6.45) is 3.01. The van der Waals surface area contributed by atoms with Gasteiger partial charge in [0.15, 0.2) is 0 Å². The summed E-state index contributed by atoms with van der Waals surface area (Å²) in [4.78, 5) is 12.7. The molecule has 2 aromatic carbocycles. The van der Waals surface area contributed by atoms with Crippen LogP contribution in [0.2, 0.25) is 0 Å². The topological polar surface area (TPSA) is 84.9 Å². The molecule has 1 aliphatic heterocycles. The number of anilines is 1. The van der Waals surface area contributed by atoms with E-state index in [1.54, 1.807) is 12.1 Å². The normalized spacial score (nSPS) is 15.4. The molecule has 1 saturated heterocycles. The van der Waals surface area contributed by atoms with Gasteiger partial charge in [-0.1, -0.05) is 24.3 Å². The van der Waals surface area contributed by atoms with Crippen LogP contribution in [0, 0.1) is 6.92 Å². The van der Waals surface area contributed by atoms with Gasteiger partial charge in [-0.3, -0.25) is 4.79 Å². The summed E-state index contributed by atoms with van der Waals surface area (Å²) in [5.74, 6) is 0.0337. The van der Waals surface area contributed by atoms with E-state index in [9.17, 15) is 13.2 Å². The van der Waals surface area contributed by atoms with Crippen LogP contribution in [0.15, 0.2) is 53.4 Å². The first-order chi connectivity index (χ1) is 14.8. The fraction of sp³-hybridized carbons (Fsp3) is 0.348. The van der Waals surface area contributed by atoms with Crippen molar-refractivity contribution in [1.29, 1.82) is 0 Å². The highest BCUT2D eigenvalue weighted by molar-refractivity contribution is 7.89. The average Bonchev–Trinajstić information content (AvgIpc) is 2.74. The van der Waals surface area contributed by atoms with Crippen LogP contribution in [0.1, 0.15) is 25.0 Å². The molecule has 1 heterocycles. The van der Waals surface area contributed by atoms with Gasteiger partial charge in [0.2, 0.25) is 15.9 Å². The number of morpholine rings is 1. The van der Waals surface area contributed by atoms with Crippen LogP contribution < -0.4 is 10.1 Å². The van der Waals surface area contributed by atoms with Crippen molar-refractivity contribution in [2.45, 2.75) is 31.8 Å². The van der Waals surface area contributed by atoms with E-state index in [1.807, 2.05) is 45.0 Å². The van der Waals surface area contributed by atoms with Crippen molar-refractivity contribution in [2.75, 3.05) is 31.6 Å². The van der Waals surface area contributed by atoms with Gasteiger partial charge in [0.05, 0.1) is 29.9 Å². The summed E-state index contributed by atoms with van der Waals surface area (Å²) in [5.41, 5.74) is 2.29. The number of rotatable bonds is 7. The maximum absolute atomic E-state index is 13.0. The summed E-state index contributed by atoms with van der Waals surface area (Å²) < 4.78 is 38.4. The van der Waals surface area contributed by atoms with Crippen LogP contribution in [0.25, 0.3) is 6.08 Å². The van der Waals surface area contributed by atoms with Crippen LogP contribution >= 0.6 is 0 Å². The first-order valence-electron chi connectivity index (χ1n) is 10.2. The number of sulfonamides is 1. The van der Waals surface area contributed by atoms with Gasteiger partial charge in [0, 0.05) is 19.2 Å². The molecule has 1 fully saturated rings. The molecule has 0 aromatic heterocycles. The third-order valence-corrected chi connectivity index (χ3v) is 6.68. The van der Waals surface area contributed by atoms with Crippen molar-refractivity contribution in [3.8, 4) is 5.75 Å². The van der Waals surface area contributed by atoms with Gasteiger partial charge in [-0.25, -0.2) is 8.42 Å². The zero-order valence-corrected chi connectivity index (χ0v) is 18.8. The number of amides is 1. The molecular weight excluding hydrogens is 416 g/mol. The van der Waals surface area contributed by atoms with Crippen molar-refractivity contribution < 1.29 is 22.7 Å². The first-order valence-corrected chi connectivity index (χ1v) is 11.6. The molecular formula is C23H28N2O5S. The Bertz CT molecular complexity index is 1060. The molecule has 1 amide bonds. The van der Waals surface area contributed by atoms with Crippen molar-refractivity contribution in [2.24, 2.45) is 0 Å². The van der Waals surface area contributed by atoms with Gasteiger partial charge in [0.25, 0.3) is 0 Å². The lowest BCUT2D eigenvalue weighted by Crippen LogP contribution is -2.40. The molecule has 0 atom stereocenters. The Balaban J connectivity index is 1.86. The number of carbonyl (C=O) groups excluding carboxylic acids is 1. The average molecular weight is 445 g/mol. The summed E-state index contributed by atoms with van der Waals surface area (Å²) in [7, 11) is -3.70. The number of hydrogen-bond donors (Lipinski definition) is 1. The van der Waals surface area contributed by atoms with E-state index in [0.29, 0.717) is 37.7 Å². The van der Waals surface area contributed by atoms with Crippen LogP contribution in [0.3, 0.4) is 0 Å². The Kier molecular flexibility index (Phi) is 7.48. The molecule has 166 valence electrons. The second-order valence-corrected chi connectivity index (χ2v) is 9.46. The first kappa shape index (κ1) is 23.0. The lowest BCUT2D eigenvalue weighted by Gasteiger charge is -2.26. The number of ether oxygens (including phenoxy) is 2. The van der Waals surface area contributed by atoms with Gasteiger partial charge >= 0.3 is 0 Å². The Labute approximate surface area is 183 Å². The van der Waals surface area contributed by atoms with E-state index in [4.69, 9.17) is 9.47 Å². The largest absolute Gasteiger partial charge is 0.489 e. The molecule has 0 aliphatic carbocycles. The van der Waals surface area contributed by atoms with Crippen LogP contribution in [-0.2, 0) is 19.6 Å². The van der Waals surface area contributed by atoms with Gasteiger partial charge in [0.1, 0.15) is 5.75 Å². The molecule has 0 unspecified atom stereocenters. The van der Waals surface area contributed by atoms with Crippen molar-refractivity contribution >= 4 is 27.7 Å². The molecule has 31 heavy (non-hydrogen) atoms. The zero-order valence-electron chi connectivity index (χ0n) is 18.0. The van der Waals surface area contributed by atoms with Gasteiger partial charge in [-0.15, -0.1) is 0 Å². The molecule has 1 N–H and O–H groups in total. The zero-order chi connectivity index (χ0) is 22.4. The lowest BCUT2D eigenvalue weighted by atomic mass is 10.1. The van der Waals surface area contributed by atoms with Crippen LogP contribution in [0.4, 0.5) is 5.69 Å². The molecule has 1 aliphatic rings. The fourth-order valence-electron chi connectivity index (χ4n) is 3.17. The predicted molar refractivity (Wildman–Crippen MR) is 121 cm³/mol. The highest BCUT2D eigenvalue weighted by Gasteiger charge is 2.27. The minimum Gasteiger partial charge on any atom is -0.489 e. The third-order valence-electron chi connectivity index (χ3n) is 4.78. The molecule has 8 heteroatoms. The quantitative estimate of drug-likeness (QED) is 0.661. The third kappa shape index (κ3) is 5.94. The predicted octanol–water partition coefficient (Wildman–Crippen LogP) is 3.46. The van der Waals surface area contributed by atoms with E-state index in [1.165, 1.54) is 22.5 Å². The second kappa shape index (κ2) is 10.1. The molecule has 2 aromatic rings. The molecule has 0 saturated carbocycles. The van der Waals surface area contributed by atoms with Crippen molar-refractivity contribution in [1.82, 2.24) is 4.31 Å². The SMILES string of the molecule is Cc1ccccc1C=CC(=O)Nc1cc(S(=O)(=O)N2CCOCC2)ccc1OC(C)C. The summed E-state index contributed by atoms with van der Waals surface area (Å²) in [6, 6.07) is 12.2. The minimum absolute atomic E-state index is 0.101. The maximum atomic E-state index is 13.0.